The van der Waals surface area contributed by atoms with Crippen LogP contribution in [0, 0.1) is 21.4 Å². The summed E-state index contributed by atoms with van der Waals surface area (Å²) in [6, 6.07) is 4.26. The average molecular weight is 210 g/mol. The number of rotatable bonds is 2. The minimum atomic E-state index is -0.566. The Morgan fingerprint density at radius 3 is 2.71 bits per heavy atom. The molecule has 0 heterocycles. The Bertz CT molecular complexity index is 425. The van der Waals surface area contributed by atoms with E-state index in [1.54, 1.807) is 0 Å². The predicted octanol–water partition coefficient (Wildman–Crippen LogP) is 1.76. The zero-order valence-electron chi connectivity index (χ0n) is 7.22. The maximum absolute atomic E-state index is 10.5. The van der Waals surface area contributed by atoms with Crippen LogP contribution in [0.1, 0.15) is 5.56 Å². The quantitative estimate of drug-likeness (QED) is 0.458. The molecule has 0 aromatic heterocycles. The van der Waals surface area contributed by atoms with Gasteiger partial charge in [0.05, 0.1) is 18.1 Å². The second-order valence-corrected chi connectivity index (χ2v) is 2.89. The number of nitriles is 1. The van der Waals surface area contributed by atoms with E-state index in [4.69, 9.17) is 10.00 Å². The highest BCUT2D eigenvalue weighted by molar-refractivity contribution is 7.80. The molecule has 0 aliphatic heterocycles. The zero-order valence-corrected chi connectivity index (χ0v) is 8.12. The lowest BCUT2D eigenvalue weighted by Crippen LogP contribution is -1.94. The van der Waals surface area contributed by atoms with Gasteiger partial charge >= 0.3 is 0 Å². The number of hydrogen-bond acceptors (Lipinski definition) is 5. The standard InChI is InChI=1S/C8H6N2O3S/c1-13-7-2-5(10(11)12)3-8(14)6(7)4-9/h2-3,14H,1H3. The Morgan fingerprint density at radius 2 is 2.29 bits per heavy atom. The van der Waals surface area contributed by atoms with Crippen molar-refractivity contribution >= 4 is 18.3 Å². The fourth-order valence-electron chi connectivity index (χ4n) is 0.965. The molecule has 0 fully saturated rings. The van der Waals surface area contributed by atoms with E-state index in [1.165, 1.54) is 19.2 Å². The van der Waals surface area contributed by atoms with Crippen LogP contribution < -0.4 is 4.74 Å². The van der Waals surface area contributed by atoms with Gasteiger partial charge in [0.25, 0.3) is 5.69 Å². The number of non-ortho nitro benzene ring substituents is 1. The van der Waals surface area contributed by atoms with Crippen LogP contribution in [0.3, 0.4) is 0 Å². The summed E-state index contributed by atoms with van der Waals surface area (Å²) in [5.74, 6) is 0.159. The predicted molar refractivity (Wildman–Crippen MR) is 51.6 cm³/mol. The molecular formula is C8H6N2O3S. The number of benzene rings is 1. The molecule has 1 aromatic carbocycles. The van der Waals surface area contributed by atoms with Crippen molar-refractivity contribution in [3.63, 3.8) is 0 Å². The number of nitro groups is 1. The number of thiol groups is 1. The summed E-state index contributed by atoms with van der Waals surface area (Å²) in [6.07, 6.45) is 0. The average Bonchev–Trinajstić information content (AvgIpc) is 2.16. The van der Waals surface area contributed by atoms with Gasteiger partial charge in [0.2, 0.25) is 0 Å². The van der Waals surface area contributed by atoms with Crippen LogP contribution in [-0.4, -0.2) is 12.0 Å². The summed E-state index contributed by atoms with van der Waals surface area (Å²) >= 11 is 3.96. The molecule has 1 aromatic rings. The van der Waals surface area contributed by atoms with Crippen molar-refractivity contribution in [1.29, 1.82) is 5.26 Å². The molecule has 1 rings (SSSR count). The van der Waals surface area contributed by atoms with E-state index in [0.717, 1.165) is 0 Å². The monoisotopic (exact) mass is 210 g/mol. The van der Waals surface area contributed by atoms with Gasteiger partial charge in [0.15, 0.2) is 0 Å². The van der Waals surface area contributed by atoms with E-state index in [0.29, 0.717) is 0 Å². The smallest absolute Gasteiger partial charge is 0.274 e. The van der Waals surface area contributed by atoms with Crippen molar-refractivity contribution in [3.8, 4) is 11.8 Å². The molecule has 0 saturated heterocycles. The van der Waals surface area contributed by atoms with Crippen LogP contribution >= 0.6 is 12.6 Å². The van der Waals surface area contributed by atoms with E-state index in [-0.39, 0.29) is 21.9 Å². The highest BCUT2D eigenvalue weighted by Gasteiger charge is 2.14. The molecule has 0 atom stereocenters. The largest absolute Gasteiger partial charge is 0.495 e. The molecule has 0 bridgehead atoms. The van der Waals surface area contributed by atoms with Crippen molar-refractivity contribution < 1.29 is 9.66 Å². The third-order valence-corrected chi connectivity index (χ3v) is 1.96. The molecule has 0 aliphatic carbocycles. The van der Waals surface area contributed by atoms with E-state index in [1.807, 2.05) is 6.07 Å². The molecule has 0 aliphatic rings. The van der Waals surface area contributed by atoms with Crippen molar-refractivity contribution in [3.05, 3.63) is 27.8 Å². The van der Waals surface area contributed by atoms with Crippen LogP contribution in [0.4, 0.5) is 5.69 Å². The Balaban J connectivity index is 3.40. The maximum atomic E-state index is 10.5. The number of methoxy groups -OCH3 is 1. The Labute approximate surface area is 85.5 Å². The van der Waals surface area contributed by atoms with Crippen LogP contribution in [0.15, 0.2) is 17.0 Å². The fraction of sp³-hybridized carbons (Fsp3) is 0.125. The normalized spacial score (nSPS) is 9.21. The van der Waals surface area contributed by atoms with Gasteiger partial charge in [-0.2, -0.15) is 5.26 Å². The Kier molecular flexibility index (Phi) is 2.94. The lowest BCUT2D eigenvalue weighted by atomic mass is 10.2. The zero-order chi connectivity index (χ0) is 10.7. The summed E-state index contributed by atoms with van der Waals surface area (Å²) < 4.78 is 4.83. The van der Waals surface area contributed by atoms with Crippen LogP contribution in [0.2, 0.25) is 0 Å². The fourth-order valence-corrected chi connectivity index (χ4v) is 1.26. The Hall–Kier alpha value is -1.74. The summed E-state index contributed by atoms with van der Waals surface area (Å²) in [6.45, 7) is 0. The van der Waals surface area contributed by atoms with E-state index >= 15 is 0 Å². The molecule has 14 heavy (non-hydrogen) atoms. The van der Waals surface area contributed by atoms with Crippen molar-refractivity contribution in [1.82, 2.24) is 0 Å². The van der Waals surface area contributed by atoms with Crippen LogP contribution in [0.5, 0.6) is 5.75 Å². The first-order valence-electron chi connectivity index (χ1n) is 3.55. The van der Waals surface area contributed by atoms with Crippen LogP contribution in [-0.2, 0) is 0 Å². The molecule has 0 unspecified atom stereocenters. The first kappa shape index (κ1) is 10.3. The lowest BCUT2D eigenvalue weighted by molar-refractivity contribution is -0.385. The third kappa shape index (κ3) is 1.78. The summed E-state index contributed by atoms with van der Waals surface area (Å²) in [5.41, 5.74) is 0.0484. The summed E-state index contributed by atoms with van der Waals surface area (Å²) in [7, 11) is 1.34. The first-order valence-corrected chi connectivity index (χ1v) is 4.00. The molecule has 6 heteroatoms. The SMILES string of the molecule is COc1cc([N+](=O)[O-])cc(S)c1C#N. The minimum Gasteiger partial charge on any atom is -0.495 e. The van der Waals surface area contributed by atoms with E-state index in [9.17, 15) is 10.1 Å². The molecule has 5 nitrogen and oxygen atoms in total. The van der Waals surface area contributed by atoms with Gasteiger partial charge < -0.3 is 4.74 Å². The van der Waals surface area contributed by atoms with Gasteiger partial charge in [0.1, 0.15) is 17.4 Å². The first-order chi connectivity index (χ1) is 6.60. The van der Waals surface area contributed by atoms with E-state index < -0.39 is 4.92 Å². The highest BCUT2D eigenvalue weighted by Crippen LogP contribution is 2.29. The van der Waals surface area contributed by atoms with Gasteiger partial charge in [-0.1, -0.05) is 0 Å². The number of ether oxygens (including phenoxy) is 1. The molecular weight excluding hydrogens is 204 g/mol. The van der Waals surface area contributed by atoms with Gasteiger partial charge in [-0.25, -0.2) is 0 Å². The third-order valence-electron chi connectivity index (χ3n) is 1.61. The highest BCUT2D eigenvalue weighted by atomic mass is 32.1. The summed E-state index contributed by atoms with van der Waals surface area (Å²) in [4.78, 5) is 10.1. The molecule has 72 valence electrons. The molecule has 0 saturated carbocycles. The number of hydrogen-bond donors (Lipinski definition) is 1. The number of nitrogens with zero attached hydrogens (tertiary/aromatic N) is 2. The van der Waals surface area contributed by atoms with Gasteiger partial charge in [-0.05, 0) is 0 Å². The molecule has 0 radical (unpaired) electrons. The Morgan fingerprint density at radius 1 is 1.64 bits per heavy atom. The number of nitro benzene ring substituents is 1. The molecule has 0 amide bonds. The molecule has 0 spiro atoms. The van der Waals surface area contributed by atoms with Crippen molar-refractivity contribution in [2.45, 2.75) is 4.90 Å². The second-order valence-electron chi connectivity index (χ2n) is 2.41. The van der Waals surface area contributed by atoms with Gasteiger partial charge in [0, 0.05) is 11.0 Å². The second kappa shape index (κ2) is 3.98. The minimum absolute atomic E-state index is 0.147. The lowest BCUT2D eigenvalue weighted by Gasteiger charge is -2.03. The van der Waals surface area contributed by atoms with Gasteiger partial charge in [-0.3, -0.25) is 10.1 Å². The molecule has 0 N–H and O–H groups in total. The van der Waals surface area contributed by atoms with Crippen LogP contribution in [0.25, 0.3) is 0 Å². The van der Waals surface area contributed by atoms with E-state index in [2.05, 4.69) is 12.6 Å². The maximum Gasteiger partial charge on any atom is 0.274 e. The summed E-state index contributed by atoms with van der Waals surface area (Å²) in [5, 5.41) is 19.2. The van der Waals surface area contributed by atoms with Gasteiger partial charge in [-0.15, -0.1) is 12.6 Å². The van der Waals surface area contributed by atoms with Crippen molar-refractivity contribution in [2.24, 2.45) is 0 Å². The van der Waals surface area contributed by atoms with Crippen molar-refractivity contribution in [2.75, 3.05) is 7.11 Å². The topological polar surface area (TPSA) is 76.2 Å².